The summed E-state index contributed by atoms with van der Waals surface area (Å²) in [5.41, 5.74) is 0.644. The van der Waals surface area contributed by atoms with E-state index in [4.69, 9.17) is 27.9 Å². The molecule has 1 rings (SSSR count). The van der Waals surface area contributed by atoms with Crippen LogP contribution in [0.2, 0.25) is 10.0 Å². The van der Waals surface area contributed by atoms with E-state index in [9.17, 15) is 9.59 Å². The first-order valence-corrected chi connectivity index (χ1v) is 7.35. The summed E-state index contributed by atoms with van der Waals surface area (Å²) in [6.45, 7) is 2.32. The molecule has 4 nitrogen and oxygen atoms in total. The minimum absolute atomic E-state index is 0.290. The van der Waals surface area contributed by atoms with Crippen LogP contribution in [0.15, 0.2) is 24.3 Å². The molecule has 0 radical (unpaired) electrons. The van der Waals surface area contributed by atoms with E-state index in [0.29, 0.717) is 22.2 Å². The number of unbranched alkanes of at least 4 members (excludes halogenated alkanes) is 1. The number of rotatable bonds is 7. The van der Waals surface area contributed by atoms with Gasteiger partial charge in [-0.2, -0.15) is 0 Å². The van der Waals surface area contributed by atoms with Gasteiger partial charge < -0.3 is 10.1 Å². The van der Waals surface area contributed by atoms with Crippen LogP contribution in [0.25, 0.3) is 6.08 Å². The van der Waals surface area contributed by atoms with Gasteiger partial charge in [-0.05, 0) is 30.2 Å². The molecule has 0 unspecified atom stereocenters. The van der Waals surface area contributed by atoms with E-state index in [1.807, 2.05) is 6.92 Å². The lowest BCUT2D eigenvalue weighted by molar-refractivity contribution is -0.143. The smallest absolute Gasteiger partial charge is 0.331 e. The molecule has 0 fully saturated rings. The summed E-state index contributed by atoms with van der Waals surface area (Å²) in [5, 5.41) is 3.60. The van der Waals surface area contributed by atoms with Crippen molar-refractivity contribution in [3.63, 3.8) is 0 Å². The Kier molecular flexibility index (Phi) is 7.87. The van der Waals surface area contributed by atoms with Crippen molar-refractivity contribution in [1.29, 1.82) is 0 Å². The molecule has 6 heteroatoms. The van der Waals surface area contributed by atoms with Crippen molar-refractivity contribution in [2.24, 2.45) is 0 Å². The number of hydrogen-bond acceptors (Lipinski definition) is 3. The number of hydrogen-bond donors (Lipinski definition) is 1. The Morgan fingerprint density at radius 1 is 1.33 bits per heavy atom. The van der Waals surface area contributed by atoms with Crippen molar-refractivity contribution in [2.75, 3.05) is 13.2 Å². The highest BCUT2D eigenvalue weighted by molar-refractivity contribution is 6.35. The fourth-order valence-electron chi connectivity index (χ4n) is 1.43. The summed E-state index contributed by atoms with van der Waals surface area (Å²) in [6.07, 6.45) is 4.61. The van der Waals surface area contributed by atoms with Crippen molar-refractivity contribution in [1.82, 2.24) is 5.32 Å². The second-order valence-electron chi connectivity index (χ2n) is 4.31. The van der Waals surface area contributed by atoms with Gasteiger partial charge in [-0.3, -0.25) is 4.79 Å². The molecule has 0 spiro atoms. The molecule has 0 saturated heterocycles. The largest absolute Gasteiger partial charge is 0.452 e. The Labute approximate surface area is 134 Å². The van der Waals surface area contributed by atoms with Gasteiger partial charge in [-0.1, -0.05) is 42.6 Å². The summed E-state index contributed by atoms with van der Waals surface area (Å²) in [6, 6.07) is 4.93. The van der Waals surface area contributed by atoms with Crippen LogP contribution in [0.3, 0.4) is 0 Å². The predicted octanol–water partition coefficient (Wildman–Crippen LogP) is 3.47. The summed E-state index contributed by atoms with van der Waals surface area (Å²) in [5.74, 6) is -0.915. The zero-order valence-corrected chi connectivity index (χ0v) is 13.2. The van der Waals surface area contributed by atoms with Crippen LogP contribution in [0.5, 0.6) is 0 Å². The lowest BCUT2D eigenvalue weighted by Gasteiger charge is -2.04. The van der Waals surface area contributed by atoms with Gasteiger partial charge in [0.25, 0.3) is 5.91 Å². The molecular weight excluding hydrogens is 313 g/mol. The maximum absolute atomic E-state index is 11.5. The molecule has 0 atom stereocenters. The Balaban J connectivity index is 2.39. The lowest BCUT2D eigenvalue weighted by Crippen LogP contribution is -2.29. The zero-order chi connectivity index (χ0) is 15.7. The summed E-state index contributed by atoms with van der Waals surface area (Å²) in [7, 11) is 0. The molecule has 114 valence electrons. The molecule has 1 amide bonds. The number of carbonyl (C=O) groups is 2. The van der Waals surface area contributed by atoms with E-state index in [1.165, 1.54) is 12.2 Å². The lowest BCUT2D eigenvalue weighted by atomic mass is 10.2. The highest BCUT2D eigenvalue weighted by Gasteiger charge is 2.04. The summed E-state index contributed by atoms with van der Waals surface area (Å²) in [4.78, 5) is 22.8. The first kappa shape index (κ1) is 17.5. The molecule has 0 aromatic heterocycles. The number of esters is 1. The molecule has 1 aromatic carbocycles. The highest BCUT2D eigenvalue weighted by Crippen LogP contribution is 2.21. The normalized spacial score (nSPS) is 10.6. The zero-order valence-electron chi connectivity index (χ0n) is 11.7. The summed E-state index contributed by atoms with van der Waals surface area (Å²) < 4.78 is 4.81. The van der Waals surface area contributed by atoms with Gasteiger partial charge in [0.1, 0.15) is 0 Å². The van der Waals surface area contributed by atoms with Crippen molar-refractivity contribution >= 4 is 41.2 Å². The minimum atomic E-state index is -0.605. The van der Waals surface area contributed by atoms with Crippen molar-refractivity contribution in [3.05, 3.63) is 39.9 Å². The quantitative estimate of drug-likeness (QED) is 0.473. The van der Waals surface area contributed by atoms with Crippen LogP contribution < -0.4 is 5.32 Å². The van der Waals surface area contributed by atoms with E-state index >= 15 is 0 Å². The Hall–Kier alpha value is -1.52. The molecule has 1 N–H and O–H groups in total. The van der Waals surface area contributed by atoms with E-state index in [2.05, 4.69) is 5.32 Å². The van der Waals surface area contributed by atoms with E-state index in [0.717, 1.165) is 12.8 Å². The average molecular weight is 330 g/mol. The third kappa shape index (κ3) is 7.16. The SMILES string of the molecule is CCCCNC(=O)COC(=O)C=Cc1ccc(Cl)cc1Cl. The topological polar surface area (TPSA) is 55.4 Å². The fourth-order valence-corrected chi connectivity index (χ4v) is 1.91. The van der Waals surface area contributed by atoms with Crippen LogP contribution >= 0.6 is 23.2 Å². The first-order valence-electron chi connectivity index (χ1n) is 6.59. The predicted molar refractivity (Wildman–Crippen MR) is 84.4 cm³/mol. The molecule has 21 heavy (non-hydrogen) atoms. The van der Waals surface area contributed by atoms with E-state index in [-0.39, 0.29) is 12.5 Å². The van der Waals surface area contributed by atoms with E-state index < -0.39 is 5.97 Å². The standard InChI is InChI=1S/C15H17Cl2NO3/c1-2-3-8-18-14(19)10-21-15(20)7-5-11-4-6-12(16)9-13(11)17/h4-7,9H,2-3,8,10H2,1H3,(H,18,19). The minimum Gasteiger partial charge on any atom is -0.452 e. The maximum atomic E-state index is 11.5. The molecule has 0 aliphatic rings. The molecule has 0 aliphatic heterocycles. The third-order valence-corrected chi connectivity index (χ3v) is 3.12. The van der Waals surface area contributed by atoms with Crippen LogP contribution in [-0.4, -0.2) is 25.0 Å². The van der Waals surface area contributed by atoms with Gasteiger partial charge >= 0.3 is 5.97 Å². The van der Waals surface area contributed by atoms with Crippen molar-refractivity contribution < 1.29 is 14.3 Å². The van der Waals surface area contributed by atoms with Crippen LogP contribution in [0.1, 0.15) is 25.3 Å². The van der Waals surface area contributed by atoms with Crippen LogP contribution in [0.4, 0.5) is 0 Å². The van der Waals surface area contributed by atoms with E-state index in [1.54, 1.807) is 18.2 Å². The second kappa shape index (κ2) is 9.42. The monoisotopic (exact) mass is 329 g/mol. The van der Waals surface area contributed by atoms with Crippen molar-refractivity contribution in [3.8, 4) is 0 Å². The number of halogens is 2. The molecule has 1 aromatic rings. The third-order valence-electron chi connectivity index (χ3n) is 2.56. The first-order chi connectivity index (χ1) is 10.0. The molecule has 0 saturated carbocycles. The number of benzene rings is 1. The van der Waals surface area contributed by atoms with Gasteiger partial charge in [0.2, 0.25) is 0 Å². The fraction of sp³-hybridized carbons (Fsp3) is 0.333. The van der Waals surface area contributed by atoms with Crippen LogP contribution in [0, 0.1) is 0 Å². The number of amides is 1. The van der Waals surface area contributed by atoms with Gasteiger partial charge in [0.05, 0.1) is 0 Å². The number of carbonyl (C=O) groups excluding carboxylic acids is 2. The summed E-state index contributed by atoms with van der Waals surface area (Å²) >= 11 is 11.7. The molecule has 0 aliphatic carbocycles. The van der Waals surface area contributed by atoms with Gasteiger partial charge in [-0.25, -0.2) is 4.79 Å². The number of ether oxygens (including phenoxy) is 1. The highest BCUT2D eigenvalue weighted by atomic mass is 35.5. The molecular formula is C15H17Cl2NO3. The maximum Gasteiger partial charge on any atom is 0.331 e. The number of nitrogens with one attached hydrogen (secondary N) is 1. The molecule has 0 bridgehead atoms. The Bertz CT molecular complexity index is 530. The molecule has 0 heterocycles. The Morgan fingerprint density at radius 3 is 2.76 bits per heavy atom. The van der Waals surface area contributed by atoms with Gasteiger partial charge in [0, 0.05) is 22.7 Å². The van der Waals surface area contributed by atoms with Crippen molar-refractivity contribution in [2.45, 2.75) is 19.8 Å². The van der Waals surface area contributed by atoms with Gasteiger partial charge in [0.15, 0.2) is 6.61 Å². The van der Waals surface area contributed by atoms with Gasteiger partial charge in [-0.15, -0.1) is 0 Å². The second-order valence-corrected chi connectivity index (χ2v) is 5.15. The van der Waals surface area contributed by atoms with Crippen LogP contribution in [-0.2, 0) is 14.3 Å². The average Bonchev–Trinajstić information content (AvgIpc) is 2.44. The Morgan fingerprint density at radius 2 is 2.10 bits per heavy atom.